The number of ether oxygens (including phenoxy) is 1. The summed E-state index contributed by atoms with van der Waals surface area (Å²) >= 11 is 0. The molecule has 3 atom stereocenters. The molecule has 0 amide bonds. The molecule has 3 saturated carbocycles. The molecule has 0 spiro atoms. The molecule has 0 bridgehead atoms. The summed E-state index contributed by atoms with van der Waals surface area (Å²) in [6, 6.07) is 8.89. The summed E-state index contributed by atoms with van der Waals surface area (Å²) < 4.78 is 5.94. The van der Waals surface area contributed by atoms with Crippen LogP contribution in [-0.4, -0.2) is 42.4 Å². The van der Waals surface area contributed by atoms with Gasteiger partial charge in [-0.2, -0.15) is 0 Å². The van der Waals surface area contributed by atoms with Crippen molar-refractivity contribution >= 4 is 0 Å². The molecule has 1 saturated heterocycles. The third-order valence-electron chi connectivity index (χ3n) is 8.46. The molecule has 28 heavy (non-hydrogen) atoms. The average Bonchev–Trinajstić information content (AvgIpc) is 2.66. The summed E-state index contributed by atoms with van der Waals surface area (Å²) in [5.74, 6) is 5.13. The molecule has 1 heterocycles. The second-order valence-electron chi connectivity index (χ2n) is 10.5. The average molecular weight is 384 g/mol. The largest absolute Gasteiger partial charge is 0.493 e. The number of benzene rings is 1. The quantitative estimate of drug-likeness (QED) is 0.745. The van der Waals surface area contributed by atoms with Crippen LogP contribution in [0, 0.1) is 23.7 Å². The Labute approximate surface area is 170 Å². The number of piperidine rings is 1. The molecule has 1 aromatic carbocycles. The molecule has 0 radical (unpaired) electrons. The summed E-state index contributed by atoms with van der Waals surface area (Å²) in [6.45, 7) is 6.16. The van der Waals surface area contributed by atoms with Crippen LogP contribution in [0.5, 0.6) is 5.75 Å². The Balaban J connectivity index is 1.09. The van der Waals surface area contributed by atoms with Gasteiger partial charge in [-0.25, -0.2) is 0 Å². The Morgan fingerprint density at radius 3 is 2.36 bits per heavy atom. The molecule has 4 fully saturated rings. The molecule has 3 aliphatic carbocycles. The zero-order valence-electron chi connectivity index (χ0n) is 17.5. The normalized spacial score (nSPS) is 38.1. The second-order valence-corrected chi connectivity index (χ2v) is 10.5. The zero-order chi connectivity index (χ0) is 19.1. The van der Waals surface area contributed by atoms with Crippen molar-refractivity contribution in [2.75, 3.05) is 26.2 Å². The second kappa shape index (κ2) is 7.65. The predicted molar refractivity (Wildman–Crippen MR) is 113 cm³/mol. The number of β-amino-alcohol motifs (C(OH)–C–C–N with tert-alkyl or cyclic N) is 1. The molecule has 4 aliphatic rings. The van der Waals surface area contributed by atoms with E-state index in [1.54, 1.807) is 0 Å². The number of rotatable bonds is 7. The van der Waals surface area contributed by atoms with Gasteiger partial charge in [0, 0.05) is 13.0 Å². The SMILES string of the molecule is CC1(c2ccc(OCCC(O)CN3CCCCC3)cc2)CC2CC3CC(C1)C32. The van der Waals surface area contributed by atoms with Crippen molar-refractivity contribution in [2.45, 2.75) is 69.8 Å². The summed E-state index contributed by atoms with van der Waals surface area (Å²) in [5.41, 5.74) is 1.86. The van der Waals surface area contributed by atoms with Crippen LogP contribution in [0.3, 0.4) is 0 Å². The standard InChI is InChI=1S/C25H37NO2/c1-25(15-19-13-18-14-20(16-25)24(18)19)21-5-7-23(8-6-21)28-12-9-22(27)17-26-10-3-2-4-11-26/h5-8,18-20,22,24,27H,2-4,9-17H2,1H3. The van der Waals surface area contributed by atoms with Gasteiger partial charge in [0.1, 0.15) is 5.75 Å². The van der Waals surface area contributed by atoms with Gasteiger partial charge < -0.3 is 14.7 Å². The molecule has 0 aromatic heterocycles. The number of hydrogen-bond acceptors (Lipinski definition) is 3. The van der Waals surface area contributed by atoms with E-state index in [9.17, 15) is 5.11 Å². The van der Waals surface area contributed by atoms with Crippen LogP contribution in [0.15, 0.2) is 24.3 Å². The fraction of sp³-hybridized carbons (Fsp3) is 0.760. The third-order valence-corrected chi connectivity index (χ3v) is 8.46. The minimum Gasteiger partial charge on any atom is -0.493 e. The monoisotopic (exact) mass is 383 g/mol. The number of aliphatic hydroxyl groups is 1. The fourth-order valence-electron chi connectivity index (χ4n) is 6.98. The van der Waals surface area contributed by atoms with Crippen molar-refractivity contribution in [1.29, 1.82) is 0 Å². The van der Waals surface area contributed by atoms with Crippen molar-refractivity contribution in [3.05, 3.63) is 29.8 Å². The van der Waals surface area contributed by atoms with Crippen LogP contribution < -0.4 is 4.74 Å². The van der Waals surface area contributed by atoms with Gasteiger partial charge in [-0.15, -0.1) is 0 Å². The van der Waals surface area contributed by atoms with E-state index in [-0.39, 0.29) is 6.10 Å². The predicted octanol–water partition coefficient (Wildman–Crippen LogP) is 4.63. The molecule has 1 aliphatic heterocycles. The first-order valence-corrected chi connectivity index (χ1v) is 11.7. The van der Waals surface area contributed by atoms with Crippen LogP contribution in [-0.2, 0) is 5.41 Å². The Hall–Kier alpha value is -1.06. The first kappa shape index (κ1) is 18.9. The Morgan fingerprint density at radius 2 is 1.71 bits per heavy atom. The van der Waals surface area contributed by atoms with Gasteiger partial charge in [0.15, 0.2) is 0 Å². The highest BCUT2D eigenvalue weighted by atomic mass is 16.5. The lowest BCUT2D eigenvalue weighted by molar-refractivity contribution is -0.141. The lowest BCUT2D eigenvalue weighted by atomic mass is 9.39. The Kier molecular flexibility index (Phi) is 5.17. The van der Waals surface area contributed by atoms with E-state index in [0.717, 1.165) is 49.1 Å². The van der Waals surface area contributed by atoms with Gasteiger partial charge in [0.05, 0.1) is 12.7 Å². The maximum atomic E-state index is 10.3. The van der Waals surface area contributed by atoms with Gasteiger partial charge in [0.25, 0.3) is 0 Å². The van der Waals surface area contributed by atoms with Gasteiger partial charge in [0.2, 0.25) is 0 Å². The topological polar surface area (TPSA) is 32.7 Å². The van der Waals surface area contributed by atoms with Crippen LogP contribution in [0.25, 0.3) is 0 Å². The summed E-state index contributed by atoms with van der Waals surface area (Å²) in [5, 5.41) is 10.3. The van der Waals surface area contributed by atoms with Crippen LogP contribution >= 0.6 is 0 Å². The third kappa shape index (κ3) is 3.61. The summed E-state index contributed by atoms with van der Waals surface area (Å²) in [7, 11) is 0. The van der Waals surface area contributed by atoms with E-state index in [4.69, 9.17) is 4.74 Å². The maximum Gasteiger partial charge on any atom is 0.119 e. The Bertz CT molecular complexity index is 650. The van der Waals surface area contributed by atoms with Gasteiger partial charge in [-0.05, 0) is 98.4 Å². The smallest absolute Gasteiger partial charge is 0.119 e. The number of hydrogen-bond donors (Lipinski definition) is 1. The minimum atomic E-state index is -0.278. The van der Waals surface area contributed by atoms with E-state index < -0.39 is 0 Å². The molecule has 3 unspecified atom stereocenters. The van der Waals surface area contributed by atoms with Crippen LogP contribution in [0.4, 0.5) is 0 Å². The van der Waals surface area contributed by atoms with Gasteiger partial charge in [-0.3, -0.25) is 0 Å². The molecule has 3 nitrogen and oxygen atoms in total. The van der Waals surface area contributed by atoms with E-state index in [1.807, 2.05) is 0 Å². The molecule has 3 heteroatoms. The van der Waals surface area contributed by atoms with Crippen LogP contribution in [0.1, 0.15) is 63.9 Å². The molecular weight excluding hydrogens is 346 g/mol. The fourth-order valence-corrected chi connectivity index (χ4v) is 6.98. The van der Waals surface area contributed by atoms with Crippen molar-refractivity contribution in [3.8, 4) is 5.75 Å². The summed E-state index contributed by atoms with van der Waals surface area (Å²) in [6.07, 6.45) is 10.1. The van der Waals surface area contributed by atoms with E-state index in [1.165, 1.54) is 50.5 Å². The van der Waals surface area contributed by atoms with Crippen molar-refractivity contribution in [1.82, 2.24) is 4.90 Å². The molecule has 1 aromatic rings. The number of nitrogens with zero attached hydrogens (tertiary/aromatic N) is 1. The van der Waals surface area contributed by atoms with Gasteiger partial charge >= 0.3 is 0 Å². The first-order valence-electron chi connectivity index (χ1n) is 11.7. The lowest BCUT2D eigenvalue weighted by Gasteiger charge is -2.65. The molecular formula is C25H37NO2. The molecule has 1 N–H and O–H groups in total. The highest BCUT2D eigenvalue weighted by Crippen LogP contribution is 2.67. The van der Waals surface area contributed by atoms with Crippen molar-refractivity contribution < 1.29 is 9.84 Å². The maximum absolute atomic E-state index is 10.3. The number of aliphatic hydroxyl groups excluding tert-OH is 1. The Morgan fingerprint density at radius 1 is 1.04 bits per heavy atom. The van der Waals surface area contributed by atoms with Crippen molar-refractivity contribution in [2.24, 2.45) is 23.7 Å². The van der Waals surface area contributed by atoms with Crippen molar-refractivity contribution in [3.63, 3.8) is 0 Å². The molecule has 154 valence electrons. The van der Waals surface area contributed by atoms with Gasteiger partial charge in [-0.1, -0.05) is 25.5 Å². The number of likely N-dealkylation sites (tertiary alicyclic amines) is 1. The van der Waals surface area contributed by atoms with Crippen LogP contribution in [0.2, 0.25) is 0 Å². The minimum absolute atomic E-state index is 0.278. The van der Waals surface area contributed by atoms with E-state index >= 15 is 0 Å². The lowest BCUT2D eigenvalue weighted by Crippen LogP contribution is -2.58. The zero-order valence-corrected chi connectivity index (χ0v) is 17.5. The first-order chi connectivity index (χ1) is 13.6. The highest BCUT2D eigenvalue weighted by molar-refractivity contribution is 5.33. The van der Waals surface area contributed by atoms with E-state index in [0.29, 0.717) is 18.4 Å². The summed E-state index contributed by atoms with van der Waals surface area (Å²) in [4.78, 5) is 2.39. The highest BCUT2D eigenvalue weighted by Gasteiger charge is 2.59. The van der Waals surface area contributed by atoms with E-state index in [2.05, 4.69) is 36.1 Å². The molecule has 5 rings (SSSR count).